The zero-order valence-electron chi connectivity index (χ0n) is 65.6. The summed E-state index contributed by atoms with van der Waals surface area (Å²) in [6.07, 6.45) is -16.6. The Kier molecular flexibility index (Phi) is 28.1. The molecule has 7 aliphatic rings. The molecule has 11 bridgehead atoms. The summed E-state index contributed by atoms with van der Waals surface area (Å²) in [5.41, 5.74) is 11.4. The summed E-state index contributed by atoms with van der Waals surface area (Å²) in [5.74, 6) is -16.6. The van der Waals surface area contributed by atoms with E-state index in [1.165, 1.54) is 56.7 Å². The van der Waals surface area contributed by atoms with E-state index in [0.717, 1.165) is 66.7 Å². The van der Waals surface area contributed by atoms with Crippen LogP contribution in [0.5, 0.6) is 46.0 Å². The van der Waals surface area contributed by atoms with Crippen molar-refractivity contribution < 1.29 is 122 Å². The van der Waals surface area contributed by atoms with Crippen LogP contribution in [0, 0.1) is 5.92 Å². The van der Waals surface area contributed by atoms with E-state index in [0.29, 0.717) is 5.56 Å². The zero-order chi connectivity index (χ0) is 89.1. The van der Waals surface area contributed by atoms with Crippen molar-refractivity contribution in [3.8, 4) is 57.1 Å². The highest BCUT2D eigenvalue weighted by Crippen LogP contribution is 2.50. The molecule has 0 spiro atoms. The van der Waals surface area contributed by atoms with E-state index in [2.05, 4.69) is 52.8 Å². The Morgan fingerprint density at radius 3 is 1.93 bits per heavy atom. The number of amides is 11. The summed E-state index contributed by atoms with van der Waals surface area (Å²) >= 11 is 26.7. The van der Waals surface area contributed by atoms with Crippen molar-refractivity contribution >= 4 is 111 Å². The first-order valence-electron chi connectivity index (χ1n) is 38.0. The quantitative estimate of drug-likeness (QED) is 0.0549. The number of primary amides is 2. The van der Waals surface area contributed by atoms with Crippen LogP contribution in [0.2, 0.25) is 20.1 Å². The molecular formula is C80H86Cl4N14O25. The first kappa shape index (κ1) is 90.7. The molecule has 8 heterocycles. The fourth-order valence-electron chi connectivity index (χ4n) is 14.7. The SMILES string of the molecule is CNC(CC(C)C)C(=O)NC1C(=O)NC(CC(N)=O)C(=O)NC2C(=O)NC3C(=O)NC(C(=O)N[C@@H](C(=O)NNC(N)=O)c4cc(O)cc(O)c4-c4cc3ccc4O)C(O)c3ccc(c(Cl)c3)Oc3cc2cc(c3OC2OC(CO)C(O)C(O)C2OC2C[C@@](C)(NCc3cncc(NC(=O)c4cc(Cl)cc(Cl)c4)c3)C(O)C(C)O2)Oc2ccc(cc2Cl)C1O. The number of halogens is 4. The number of phenols is 3. The van der Waals surface area contributed by atoms with Crippen molar-refractivity contribution in [1.29, 1.82) is 0 Å². The summed E-state index contributed by atoms with van der Waals surface area (Å²) in [6.45, 7) is 5.70. The molecule has 1 aromatic heterocycles. The lowest BCUT2D eigenvalue weighted by molar-refractivity contribution is -0.334. The van der Waals surface area contributed by atoms with E-state index >= 15 is 24.0 Å². The van der Waals surface area contributed by atoms with Crippen LogP contribution in [-0.4, -0.2) is 203 Å². The molecule has 654 valence electrons. The van der Waals surface area contributed by atoms with Gasteiger partial charge in [0.15, 0.2) is 23.9 Å². The summed E-state index contributed by atoms with van der Waals surface area (Å²) in [5, 5.41) is 130. The number of nitrogens with zero attached hydrogens (tertiary/aromatic N) is 1. The minimum absolute atomic E-state index is 0.0263. The van der Waals surface area contributed by atoms with Gasteiger partial charge in [-0.3, -0.25) is 53.6 Å². The van der Waals surface area contributed by atoms with Crippen molar-refractivity contribution in [3.05, 3.63) is 175 Å². The van der Waals surface area contributed by atoms with Gasteiger partial charge in [-0.2, -0.15) is 0 Å². The molecule has 7 aliphatic heterocycles. The third-order valence-corrected chi connectivity index (χ3v) is 22.0. The average Bonchev–Trinajstić information content (AvgIpc) is 0.765. The molecule has 16 unspecified atom stereocenters. The number of rotatable bonds is 18. The average molecular weight is 1790 g/mol. The number of hydrogen-bond donors (Lipinski definition) is 22. The van der Waals surface area contributed by atoms with Gasteiger partial charge in [0.2, 0.25) is 53.4 Å². The number of hydrogen-bond acceptors (Lipinski definition) is 28. The molecule has 2 fully saturated rings. The number of urea groups is 1. The fourth-order valence-corrected chi connectivity index (χ4v) is 15.7. The van der Waals surface area contributed by atoms with Crippen molar-refractivity contribution in [1.82, 2.24) is 58.4 Å². The number of anilines is 1. The predicted octanol–water partition coefficient (Wildman–Crippen LogP) is 2.51. The molecule has 0 radical (unpaired) electrons. The molecule has 0 saturated carbocycles. The molecule has 39 nitrogen and oxygen atoms in total. The number of nitrogens with two attached hydrogens (primary N) is 2. The number of hydrazine groups is 1. The monoisotopic (exact) mass is 1780 g/mol. The Labute approximate surface area is 719 Å². The zero-order valence-corrected chi connectivity index (χ0v) is 68.6. The number of nitrogens with one attached hydrogen (secondary N) is 11. The smallest absolute Gasteiger partial charge is 0.330 e. The number of fused-ring (bicyclic) bond motifs is 15. The van der Waals surface area contributed by atoms with Crippen molar-refractivity contribution in [2.45, 2.75) is 163 Å². The maximum Gasteiger partial charge on any atom is 0.330 e. The number of aromatic hydroxyl groups is 3. The van der Waals surface area contributed by atoms with Gasteiger partial charge < -0.3 is 134 Å². The second-order valence-electron chi connectivity index (χ2n) is 30.3. The molecule has 43 heteroatoms. The van der Waals surface area contributed by atoms with E-state index in [9.17, 15) is 69.9 Å². The molecule has 6 aromatic carbocycles. The third-order valence-electron chi connectivity index (χ3n) is 20.9. The lowest BCUT2D eigenvalue weighted by Crippen LogP contribution is -2.65. The van der Waals surface area contributed by atoms with E-state index in [1.54, 1.807) is 13.0 Å². The Balaban J connectivity index is 1.03. The largest absolute Gasteiger partial charge is 0.508 e. The van der Waals surface area contributed by atoms with E-state index in [1.807, 2.05) is 24.7 Å². The second-order valence-corrected chi connectivity index (χ2v) is 32.0. The number of likely N-dealkylation sites (N-methyl/N-ethyl adjacent to an activating group) is 1. The van der Waals surface area contributed by atoms with Crippen LogP contribution < -0.4 is 84.4 Å². The predicted molar refractivity (Wildman–Crippen MR) is 434 cm³/mol. The van der Waals surface area contributed by atoms with Crippen LogP contribution in [0.1, 0.15) is 121 Å². The molecule has 14 rings (SSSR count). The van der Waals surface area contributed by atoms with Gasteiger partial charge in [0.05, 0.1) is 53.2 Å². The minimum atomic E-state index is -2.41. The molecular weight excluding hydrogens is 1700 g/mol. The van der Waals surface area contributed by atoms with Crippen LogP contribution in [-0.2, 0) is 59.1 Å². The van der Waals surface area contributed by atoms with Gasteiger partial charge in [-0.05, 0) is 145 Å². The molecule has 18 atom stereocenters. The lowest BCUT2D eigenvalue weighted by Gasteiger charge is -2.48. The minimum Gasteiger partial charge on any atom is -0.508 e. The topological polar surface area (TPSA) is 605 Å². The number of aliphatic hydroxyl groups excluding tert-OH is 6. The summed E-state index contributed by atoms with van der Waals surface area (Å²) in [6, 6.07) is 3.48. The summed E-state index contributed by atoms with van der Waals surface area (Å²) in [7, 11) is 1.46. The standard InChI is InChI=1S/C80H86Cl4N14O25/c1-30(2)12-46(87-5)71(110)95-61-63(104)34-7-10-50(44(83)17-34)119-52-19-36-20-53(67(52)123-78-68(66(107)65(106)54(29-99)121-78)122-56-25-80(4,69(108)31(3)118-56)89-27-32-13-40(28-88-26-32)90-70(109)37-14-38(81)21-39(82)15-37)120-51-11-8-35(18-45(51)84)64(105)62-76(115)94-60(77(116)97-98-79(86)117)43-22-41(100)23-49(102)57(43)42-16-33(6-9-48(42)101)58(73(112)96-62)93-74(113)59(36)92-72(111)47(24-55(85)103)91-75(61)114/h6-11,13-23,26,28,30-31,46-47,54,56,58-66,68-69,78,87,89,99-102,104-108H,12,24-25,27,29H2,1-5H3,(H2,85,103)(H,90,109)(H,91,114)(H,92,111)(H,93,113)(H,94,115)(H,95,110)(H,96,112)(H,97,116)(H3,86,98,117)/t31?,46?,47?,54?,56?,58?,59?,60-,61?,62?,63?,64?,65?,66?,68?,69?,78?,80-/m1/s1. The first-order valence-corrected chi connectivity index (χ1v) is 39.6. The van der Waals surface area contributed by atoms with Gasteiger partial charge in [-0.15, -0.1) is 0 Å². The Bertz CT molecular complexity index is 5270. The molecule has 2 saturated heterocycles. The molecule has 123 heavy (non-hydrogen) atoms. The van der Waals surface area contributed by atoms with Gasteiger partial charge in [-0.25, -0.2) is 10.2 Å². The highest BCUT2D eigenvalue weighted by molar-refractivity contribution is 6.35. The number of pyridine rings is 1. The maximum atomic E-state index is 16.3. The highest BCUT2D eigenvalue weighted by Gasteiger charge is 2.52. The van der Waals surface area contributed by atoms with E-state index in [-0.39, 0.29) is 63.5 Å². The van der Waals surface area contributed by atoms with Gasteiger partial charge in [-0.1, -0.05) is 78.5 Å². The number of aliphatic hydroxyl groups is 6. The fraction of sp³-hybridized carbons (Fsp3) is 0.362. The number of phenolic OH excluding ortho intramolecular Hbond substituents is 3. The van der Waals surface area contributed by atoms with Gasteiger partial charge in [0.1, 0.15) is 95.5 Å². The van der Waals surface area contributed by atoms with Crippen molar-refractivity contribution in [2.24, 2.45) is 17.4 Å². The highest BCUT2D eigenvalue weighted by atomic mass is 35.5. The Hall–Kier alpha value is -11.5. The lowest BCUT2D eigenvalue weighted by atomic mass is 9.84. The van der Waals surface area contributed by atoms with Crippen molar-refractivity contribution in [2.75, 3.05) is 19.0 Å². The summed E-state index contributed by atoms with van der Waals surface area (Å²) < 4.78 is 39.4. The molecule has 0 aliphatic carbocycles. The number of carbonyl (C=O) groups is 10. The van der Waals surface area contributed by atoms with Gasteiger partial charge in [0.25, 0.3) is 11.8 Å². The van der Waals surface area contributed by atoms with Gasteiger partial charge >= 0.3 is 6.03 Å². The molecule has 11 amide bonds. The molecule has 7 aromatic rings. The maximum absolute atomic E-state index is 16.3. The van der Waals surface area contributed by atoms with E-state index in [4.69, 9.17) is 86.3 Å². The number of benzene rings is 6. The Morgan fingerprint density at radius 1 is 0.675 bits per heavy atom. The van der Waals surface area contributed by atoms with Crippen LogP contribution in [0.15, 0.2) is 116 Å². The first-order chi connectivity index (χ1) is 58.3. The number of ether oxygens (including phenoxy) is 6. The molecule has 24 N–H and O–H groups in total. The van der Waals surface area contributed by atoms with Crippen LogP contribution >= 0.6 is 46.4 Å². The van der Waals surface area contributed by atoms with Gasteiger partial charge in [0, 0.05) is 57.5 Å². The van der Waals surface area contributed by atoms with Crippen LogP contribution in [0.3, 0.4) is 0 Å². The number of aromatic nitrogens is 1. The van der Waals surface area contributed by atoms with Crippen LogP contribution in [0.4, 0.5) is 10.5 Å². The number of carbonyl (C=O) groups excluding carboxylic acids is 10. The van der Waals surface area contributed by atoms with Crippen LogP contribution in [0.25, 0.3) is 11.1 Å². The second kappa shape index (κ2) is 38.1. The third kappa shape index (κ3) is 20.6. The normalized spacial score (nSPS) is 26.1. The Morgan fingerprint density at radius 2 is 1.31 bits per heavy atom. The van der Waals surface area contributed by atoms with E-state index < -0.39 is 260 Å². The van der Waals surface area contributed by atoms with Crippen molar-refractivity contribution in [3.63, 3.8) is 0 Å². The summed E-state index contributed by atoms with van der Waals surface area (Å²) in [4.78, 5) is 149.